The van der Waals surface area contributed by atoms with Gasteiger partial charge in [-0.2, -0.15) is 0 Å². The van der Waals surface area contributed by atoms with Crippen molar-refractivity contribution in [3.05, 3.63) is 65.0 Å². The maximum absolute atomic E-state index is 13.0. The lowest BCUT2D eigenvalue weighted by Gasteiger charge is -2.12. The summed E-state index contributed by atoms with van der Waals surface area (Å²) in [5.41, 5.74) is 4.31. The molecule has 0 aromatic heterocycles. The fraction of sp³-hybridized carbons (Fsp3) is 0.222. The highest BCUT2D eigenvalue weighted by molar-refractivity contribution is 6.06. The standard InChI is InChI=1S/C18H17FN2O2/c1-11-4-3-5-15(12(11)2)20-18(22)17-10-16(21-23-17)13-6-8-14(19)9-7-13/h3-9,17H,10H2,1-2H3,(H,20,22). The molecule has 0 bridgehead atoms. The van der Waals surface area contributed by atoms with E-state index >= 15 is 0 Å². The van der Waals surface area contributed by atoms with Gasteiger partial charge in [-0.05, 0) is 48.7 Å². The van der Waals surface area contributed by atoms with Crippen LogP contribution in [0.2, 0.25) is 0 Å². The van der Waals surface area contributed by atoms with Crippen molar-refractivity contribution in [3.63, 3.8) is 0 Å². The van der Waals surface area contributed by atoms with Crippen LogP contribution in [0.1, 0.15) is 23.1 Å². The fourth-order valence-corrected chi connectivity index (χ4v) is 2.43. The first kappa shape index (κ1) is 15.2. The maximum Gasteiger partial charge on any atom is 0.268 e. The Bertz CT molecular complexity index is 769. The van der Waals surface area contributed by atoms with Crippen LogP contribution in [0.3, 0.4) is 0 Å². The number of halogens is 1. The highest BCUT2D eigenvalue weighted by atomic mass is 19.1. The predicted molar refractivity (Wildman–Crippen MR) is 87.0 cm³/mol. The molecule has 0 fully saturated rings. The molecule has 0 spiro atoms. The number of benzene rings is 2. The number of oxime groups is 1. The molecule has 1 amide bonds. The van der Waals surface area contributed by atoms with Crippen LogP contribution in [0, 0.1) is 19.7 Å². The number of carbonyl (C=O) groups excluding carboxylic acids is 1. The first-order chi connectivity index (χ1) is 11.0. The van der Waals surface area contributed by atoms with E-state index in [1.54, 1.807) is 12.1 Å². The van der Waals surface area contributed by atoms with Crippen LogP contribution in [0.4, 0.5) is 10.1 Å². The van der Waals surface area contributed by atoms with Crippen molar-refractivity contribution >= 4 is 17.3 Å². The van der Waals surface area contributed by atoms with Crippen molar-refractivity contribution in [2.45, 2.75) is 26.4 Å². The van der Waals surface area contributed by atoms with E-state index in [1.165, 1.54) is 12.1 Å². The van der Waals surface area contributed by atoms with Crippen LogP contribution in [0.25, 0.3) is 0 Å². The van der Waals surface area contributed by atoms with Crippen molar-refractivity contribution < 1.29 is 14.0 Å². The van der Waals surface area contributed by atoms with Crippen molar-refractivity contribution in [1.29, 1.82) is 0 Å². The Morgan fingerprint density at radius 3 is 2.70 bits per heavy atom. The van der Waals surface area contributed by atoms with Gasteiger partial charge in [0.15, 0.2) is 0 Å². The molecule has 0 radical (unpaired) electrons. The second kappa shape index (κ2) is 6.20. The Kier molecular flexibility index (Phi) is 4.10. The topological polar surface area (TPSA) is 50.7 Å². The highest BCUT2D eigenvalue weighted by Crippen LogP contribution is 2.21. The Hall–Kier alpha value is -2.69. The maximum atomic E-state index is 13.0. The molecule has 1 aliphatic heterocycles. The average molecular weight is 312 g/mol. The van der Waals surface area contributed by atoms with Gasteiger partial charge in [-0.15, -0.1) is 0 Å². The predicted octanol–water partition coefficient (Wildman–Crippen LogP) is 3.57. The molecule has 0 aliphatic carbocycles. The zero-order valence-electron chi connectivity index (χ0n) is 13.0. The van der Waals surface area contributed by atoms with E-state index in [2.05, 4.69) is 10.5 Å². The third-order valence-electron chi connectivity index (χ3n) is 4.00. The number of aryl methyl sites for hydroxylation is 1. The smallest absolute Gasteiger partial charge is 0.268 e. The summed E-state index contributed by atoms with van der Waals surface area (Å²) >= 11 is 0. The van der Waals surface area contributed by atoms with Crippen LogP contribution >= 0.6 is 0 Å². The minimum absolute atomic E-state index is 0.237. The molecule has 0 saturated carbocycles. The summed E-state index contributed by atoms with van der Waals surface area (Å²) in [4.78, 5) is 17.6. The lowest BCUT2D eigenvalue weighted by Crippen LogP contribution is -2.28. The number of rotatable bonds is 3. The lowest BCUT2D eigenvalue weighted by molar-refractivity contribution is -0.125. The summed E-state index contributed by atoms with van der Waals surface area (Å²) in [5, 5.41) is 6.83. The van der Waals surface area contributed by atoms with E-state index in [9.17, 15) is 9.18 Å². The van der Waals surface area contributed by atoms with Gasteiger partial charge >= 0.3 is 0 Å². The SMILES string of the molecule is Cc1cccc(NC(=O)C2CC(c3ccc(F)cc3)=NO2)c1C. The molecule has 1 aliphatic rings. The minimum atomic E-state index is -0.671. The second-order valence-electron chi connectivity index (χ2n) is 5.58. The molecule has 1 unspecified atom stereocenters. The molecule has 3 rings (SSSR count). The summed E-state index contributed by atoms with van der Waals surface area (Å²) < 4.78 is 13.0. The van der Waals surface area contributed by atoms with Crippen LogP contribution in [0.15, 0.2) is 47.6 Å². The third-order valence-corrected chi connectivity index (χ3v) is 4.00. The molecule has 118 valence electrons. The molecule has 4 nitrogen and oxygen atoms in total. The molecular weight excluding hydrogens is 295 g/mol. The van der Waals surface area contributed by atoms with Gasteiger partial charge in [0.25, 0.3) is 5.91 Å². The molecule has 2 aromatic rings. The minimum Gasteiger partial charge on any atom is -0.382 e. The van der Waals surface area contributed by atoms with Crippen molar-refractivity contribution in [2.24, 2.45) is 5.16 Å². The van der Waals surface area contributed by atoms with Gasteiger partial charge in [-0.25, -0.2) is 4.39 Å². The van der Waals surface area contributed by atoms with Crippen LogP contribution in [-0.2, 0) is 9.63 Å². The quantitative estimate of drug-likeness (QED) is 0.942. The third kappa shape index (κ3) is 3.23. The monoisotopic (exact) mass is 312 g/mol. The summed E-state index contributed by atoms with van der Waals surface area (Å²) in [5.74, 6) is -0.544. The van der Waals surface area contributed by atoms with E-state index < -0.39 is 6.10 Å². The van der Waals surface area contributed by atoms with Crippen molar-refractivity contribution in [2.75, 3.05) is 5.32 Å². The number of nitrogens with one attached hydrogen (secondary N) is 1. The molecule has 5 heteroatoms. The number of anilines is 1. The van der Waals surface area contributed by atoms with E-state index in [1.807, 2.05) is 32.0 Å². The van der Waals surface area contributed by atoms with Gasteiger partial charge in [-0.1, -0.05) is 29.4 Å². The molecule has 1 N–H and O–H groups in total. The van der Waals surface area contributed by atoms with Crippen molar-refractivity contribution in [3.8, 4) is 0 Å². The van der Waals surface area contributed by atoms with E-state index in [0.29, 0.717) is 12.1 Å². The van der Waals surface area contributed by atoms with E-state index in [4.69, 9.17) is 4.84 Å². The summed E-state index contributed by atoms with van der Waals surface area (Å²) in [6, 6.07) is 11.7. The number of hydrogen-bond donors (Lipinski definition) is 1. The zero-order valence-corrected chi connectivity index (χ0v) is 13.0. The first-order valence-corrected chi connectivity index (χ1v) is 7.40. The Labute approximate surface area is 134 Å². The van der Waals surface area contributed by atoms with E-state index in [0.717, 1.165) is 22.4 Å². The normalized spacial score (nSPS) is 16.7. The van der Waals surface area contributed by atoms with Crippen molar-refractivity contribution in [1.82, 2.24) is 0 Å². The zero-order chi connectivity index (χ0) is 16.4. The molecule has 23 heavy (non-hydrogen) atoms. The first-order valence-electron chi connectivity index (χ1n) is 7.40. The highest BCUT2D eigenvalue weighted by Gasteiger charge is 2.29. The fourth-order valence-electron chi connectivity index (χ4n) is 2.43. The van der Waals surface area contributed by atoms with Gasteiger partial charge < -0.3 is 10.2 Å². The van der Waals surface area contributed by atoms with E-state index in [-0.39, 0.29) is 11.7 Å². The number of carbonyl (C=O) groups is 1. The summed E-state index contributed by atoms with van der Waals surface area (Å²) in [6.45, 7) is 3.95. The summed E-state index contributed by atoms with van der Waals surface area (Å²) in [6.07, 6.45) is -0.308. The molecule has 2 aromatic carbocycles. The van der Waals surface area contributed by atoms with Gasteiger partial charge in [0.05, 0.1) is 5.71 Å². The van der Waals surface area contributed by atoms with Gasteiger partial charge in [-0.3, -0.25) is 4.79 Å². The molecule has 0 saturated heterocycles. The number of nitrogens with zero attached hydrogens (tertiary/aromatic N) is 1. The van der Waals surface area contributed by atoms with Gasteiger partial charge in [0, 0.05) is 12.1 Å². The molecular formula is C18H17FN2O2. The molecule has 1 atom stereocenters. The average Bonchev–Trinajstić information content (AvgIpc) is 3.02. The van der Waals surface area contributed by atoms with Gasteiger partial charge in [0.2, 0.25) is 6.10 Å². The largest absolute Gasteiger partial charge is 0.382 e. The van der Waals surface area contributed by atoms with Crippen LogP contribution in [0.5, 0.6) is 0 Å². The van der Waals surface area contributed by atoms with Crippen LogP contribution < -0.4 is 5.32 Å². The Morgan fingerprint density at radius 2 is 1.96 bits per heavy atom. The Morgan fingerprint density at radius 1 is 1.22 bits per heavy atom. The van der Waals surface area contributed by atoms with Gasteiger partial charge in [0.1, 0.15) is 5.82 Å². The molecule has 1 heterocycles. The summed E-state index contributed by atoms with van der Waals surface area (Å²) in [7, 11) is 0. The Balaban J connectivity index is 1.67. The number of hydrogen-bond acceptors (Lipinski definition) is 3. The second-order valence-corrected chi connectivity index (χ2v) is 5.58. The lowest BCUT2D eigenvalue weighted by atomic mass is 10.0. The van der Waals surface area contributed by atoms with Crippen LogP contribution in [-0.4, -0.2) is 17.7 Å². The number of amides is 1.